The Kier molecular flexibility index (Phi) is 2.52. The van der Waals surface area contributed by atoms with E-state index >= 15 is 0 Å². The number of hydrogen-bond acceptors (Lipinski definition) is 2. The number of rotatable bonds is 0. The topological polar surface area (TPSA) is 60.8 Å². The molecule has 0 aromatic heterocycles. The van der Waals surface area contributed by atoms with E-state index in [4.69, 9.17) is 5.11 Å². The lowest BCUT2D eigenvalue weighted by Gasteiger charge is -2.44. The molecule has 4 nitrogen and oxygen atoms in total. The molecule has 13 heavy (non-hydrogen) atoms. The van der Waals surface area contributed by atoms with Crippen molar-refractivity contribution in [3.05, 3.63) is 0 Å². The Balaban J connectivity index is 2.73. The number of aliphatic hydroxyl groups is 1. The second-order valence-corrected chi connectivity index (χ2v) is 4.22. The Morgan fingerprint density at radius 2 is 1.77 bits per heavy atom. The van der Waals surface area contributed by atoms with Gasteiger partial charge in [0.1, 0.15) is 0 Å². The van der Waals surface area contributed by atoms with Gasteiger partial charge in [-0.25, -0.2) is 4.79 Å². The zero-order valence-corrected chi connectivity index (χ0v) is 8.32. The summed E-state index contributed by atoms with van der Waals surface area (Å²) in [5.74, 6) is -0.0142. The molecule has 76 valence electrons. The summed E-state index contributed by atoms with van der Waals surface area (Å²) in [4.78, 5) is 12.1. The number of piperidine rings is 1. The van der Waals surface area contributed by atoms with Gasteiger partial charge in [-0.1, -0.05) is 13.8 Å². The summed E-state index contributed by atoms with van der Waals surface area (Å²) in [5, 5.41) is 18.8. The Labute approximate surface area is 78.2 Å². The van der Waals surface area contributed by atoms with Crippen LogP contribution in [0.1, 0.15) is 20.8 Å². The lowest BCUT2D eigenvalue weighted by atomic mass is 9.77. The predicted molar refractivity (Wildman–Crippen MR) is 48.5 cm³/mol. The van der Waals surface area contributed by atoms with Gasteiger partial charge in [0.15, 0.2) is 0 Å². The number of likely N-dealkylation sites (tertiary alicyclic amines) is 1. The molecule has 0 spiro atoms. The van der Waals surface area contributed by atoms with Gasteiger partial charge in [0.2, 0.25) is 0 Å². The van der Waals surface area contributed by atoms with Crippen LogP contribution >= 0.6 is 0 Å². The SMILES string of the molecule is CC1CN(C(=O)O)C[C@H](C)C1(C)O. The molecule has 0 saturated carbocycles. The quantitative estimate of drug-likeness (QED) is 0.594. The van der Waals surface area contributed by atoms with Crippen molar-refractivity contribution in [1.29, 1.82) is 0 Å². The minimum absolute atomic E-state index is 0.00708. The van der Waals surface area contributed by atoms with E-state index < -0.39 is 11.7 Å². The van der Waals surface area contributed by atoms with E-state index in [9.17, 15) is 9.90 Å². The lowest BCUT2D eigenvalue weighted by molar-refractivity contribution is -0.0852. The molecule has 1 saturated heterocycles. The third-order valence-electron chi connectivity index (χ3n) is 3.25. The van der Waals surface area contributed by atoms with E-state index in [-0.39, 0.29) is 11.8 Å². The average Bonchev–Trinajstić information content (AvgIpc) is 2.00. The summed E-state index contributed by atoms with van der Waals surface area (Å²) < 4.78 is 0. The van der Waals surface area contributed by atoms with E-state index in [2.05, 4.69) is 0 Å². The largest absolute Gasteiger partial charge is 0.465 e. The van der Waals surface area contributed by atoms with Crippen molar-refractivity contribution in [3.63, 3.8) is 0 Å². The van der Waals surface area contributed by atoms with Gasteiger partial charge in [0.25, 0.3) is 0 Å². The first-order chi connectivity index (χ1) is 5.85. The van der Waals surface area contributed by atoms with Crippen LogP contribution in [0.3, 0.4) is 0 Å². The summed E-state index contributed by atoms with van der Waals surface area (Å²) in [6, 6.07) is 0. The third kappa shape index (κ3) is 1.77. The van der Waals surface area contributed by atoms with Crippen molar-refractivity contribution in [3.8, 4) is 0 Å². The van der Waals surface area contributed by atoms with E-state index in [1.807, 2.05) is 13.8 Å². The number of carbonyl (C=O) groups is 1. The summed E-state index contributed by atoms with van der Waals surface area (Å²) in [6.07, 6.45) is -0.894. The van der Waals surface area contributed by atoms with E-state index in [0.717, 1.165) is 0 Å². The van der Waals surface area contributed by atoms with Gasteiger partial charge < -0.3 is 15.1 Å². The van der Waals surface area contributed by atoms with Crippen molar-refractivity contribution < 1.29 is 15.0 Å². The first-order valence-electron chi connectivity index (χ1n) is 4.56. The fourth-order valence-electron chi connectivity index (χ4n) is 1.75. The Bertz CT molecular complexity index is 201. The number of carboxylic acid groups (broad SMARTS) is 1. The van der Waals surface area contributed by atoms with E-state index in [1.54, 1.807) is 6.92 Å². The summed E-state index contributed by atoms with van der Waals surface area (Å²) in [6.45, 7) is 6.39. The highest BCUT2D eigenvalue weighted by Gasteiger charge is 2.41. The van der Waals surface area contributed by atoms with Crippen LogP contribution in [0.2, 0.25) is 0 Å². The molecule has 0 aromatic carbocycles. The smallest absolute Gasteiger partial charge is 0.407 e. The van der Waals surface area contributed by atoms with Crippen LogP contribution in [-0.2, 0) is 0 Å². The first-order valence-corrected chi connectivity index (χ1v) is 4.56. The van der Waals surface area contributed by atoms with Gasteiger partial charge in [-0.2, -0.15) is 0 Å². The molecule has 0 aliphatic carbocycles. The van der Waals surface area contributed by atoms with Crippen molar-refractivity contribution in [2.45, 2.75) is 26.4 Å². The minimum atomic E-state index is -0.894. The molecule has 2 N–H and O–H groups in total. The standard InChI is InChI=1S/C9H17NO3/c1-6-4-10(8(11)12)5-7(2)9(6,3)13/h6-7,13H,4-5H2,1-3H3,(H,11,12)/t6-,7?,9?/m0/s1. The maximum Gasteiger partial charge on any atom is 0.407 e. The lowest BCUT2D eigenvalue weighted by Crippen LogP contribution is -2.55. The summed E-state index contributed by atoms with van der Waals surface area (Å²) >= 11 is 0. The number of hydrogen-bond donors (Lipinski definition) is 2. The molecule has 1 amide bonds. The first kappa shape index (κ1) is 10.3. The third-order valence-corrected chi connectivity index (χ3v) is 3.25. The van der Waals surface area contributed by atoms with Gasteiger partial charge in [-0.15, -0.1) is 0 Å². The fraction of sp³-hybridized carbons (Fsp3) is 0.889. The zero-order valence-electron chi connectivity index (χ0n) is 8.32. The maximum absolute atomic E-state index is 10.7. The molecule has 1 fully saturated rings. The summed E-state index contributed by atoms with van der Waals surface area (Å²) in [5.41, 5.74) is -0.744. The van der Waals surface area contributed by atoms with Crippen LogP contribution in [0.15, 0.2) is 0 Å². The number of amides is 1. The van der Waals surface area contributed by atoms with Crippen LogP contribution in [-0.4, -0.2) is 39.9 Å². The van der Waals surface area contributed by atoms with Crippen LogP contribution in [0.4, 0.5) is 4.79 Å². The van der Waals surface area contributed by atoms with Crippen molar-refractivity contribution in [2.24, 2.45) is 11.8 Å². The molecule has 1 aliphatic rings. The second-order valence-electron chi connectivity index (χ2n) is 4.22. The van der Waals surface area contributed by atoms with Gasteiger partial charge >= 0.3 is 6.09 Å². The van der Waals surface area contributed by atoms with Crippen molar-refractivity contribution in [2.75, 3.05) is 13.1 Å². The van der Waals surface area contributed by atoms with E-state index in [1.165, 1.54) is 4.90 Å². The molecule has 0 aromatic rings. The second kappa shape index (κ2) is 3.18. The zero-order chi connectivity index (χ0) is 10.2. The molecule has 1 aliphatic heterocycles. The normalized spacial score (nSPS) is 40.5. The molecular formula is C9H17NO3. The fourth-order valence-corrected chi connectivity index (χ4v) is 1.75. The Hall–Kier alpha value is -0.770. The van der Waals surface area contributed by atoms with Crippen LogP contribution in [0.25, 0.3) is 0 Å². The number of nitrogens with zero attached hydrogens (tertiary/aromatic N) is 1. The highest BCUT2D eigenvalue weighted by atomic mass is 16.4. The highest BCUT2D eigenvalue weighted by molar-refractivity contribution is 5.65. The molecule has 4 heteroatoms. The van der Waals surface area contributed by atoms with Crippen molar-refractivity contribution in [1.82, 2.24) is 4.90 Å². The molecule has 1 rings (SSSR count). The van der Waals surface area contributed by atoms with Gasteiger partial charge in [0.05, 0.1) is 5.60 Å². The molecular weight excluding hydrogens is 170 g/mol. The average molecular weight is 187 g/mol. The molecule has 2 unspecified atom stereocenters. The maximum atomic E-state index is 10.7. The van der Waals surface area contributed by atoms with E-state index in [0.29, 0.717) is 13.1 Å². The molecule has 3 atom stereocenters. The predicted octanol–water partition coefficient (Wildman–Crippen LogP) is 1.00. The molecule has 0 bridgehead atoms. The van der Waals surface area contributed by atoms with Crippen LogP contribution in [0.5, 0.6) is 0 Å². The molecule has 1 heterocycles. The Morgan fingerprint density at radius 1 is 1.38 bits per heavy atom. The van der Waals surface area contributed by atoms with Crippen LogP contribution in [0, 0.1) is 11.8 Å². The monoisotopic (exact) mass is 187 g/mol. The molecule has 0 radical (unpaired) electrons. The highest BCUT2D eigenvalue weighted by Crippen LogP contribution is 2.31. The summed E-state index contributed by atoms with van der Waals surface area (Å²) in [7, 11) is 0. The van der Waals surface area contributed by atoms with Gasteiger partial charge in [-0.05, 0) is 6.92 Å². The van der Waals surface area contributed by atoms with Gasteiger partial charge in [0, 0.05) is 24.9 Å². The Morgan fingerprint density at radius 3 is 2.08 bits per heavy atom. The van der Waals surface area contributed by atoms with Gasteiger partial charge in [-0.3, -0.25) is 0 Å². The van der Waals surface area contributed by atoms with Crippen LogP contribution < -0.4 is 0 Å². The van der Waals surface area contributed by atoms with Crippen molar-refractivity contribution >= 4 is 6.09 Å². The minimum Gasteiger partial charge on any atom is -0.465 e.